The van der Waals surface area contributed by atoms with Crippen molar-refractivity contribution in [1.29, 1.82) is 0 Å². The molecule has 0 atom stereocenters. The third-order valence-corrected chi connectivity index (χ3v) is 4.64. The van der Waals surface area contributed by atoms with Crippen LogP contribution in [0.15, 0.2) is 30.3 Å². The van der Waals surface area contributed by atoms with Crippen molar-refractivity contribution in [2.24, 2.45) is 0 Å². The second-order valence-electron chi connectivity index (χ2n) is 7.75. The molecule has 0 heterocycles. The van der Waals surface area contributed by atoms with Crippen LogP contribution in [0.2, 0.25) is 0 Å². The summed E-state index contributed by atoms with van der Waals surface area (Å²) in [5.41, 5.74) is 0.506. The van der Waals surface area contributed by atoms with Crippen LogP contribution in [0.1, 0.15) is 46.6 Å². The van der Waals surface area contributed by atoms with Crippen LogP contribution >= 0.6 is 11.8 Å². The molecule has 1 aromatic carbocycles. The molecule has 5 heteroatoms. The predicted molar refractivity (Wildman–Crippen MR) is 105 cm³/mol. The molecular formula is C20H31NO3S. The van der Waals surface area contributed by atoms with E-state index in [1.165, 1.54) is 5.56 Å². The molecule has 0 aliphatic carbocycles. The van der Waals surface area contributed by atoms with Crippen LogP contribution in [-0.4, -0.2) is 47.5 Å². The molecular weight excluding hydrogens is 334 g/mol. The summed E-state index contributed by atoms with van der Waals surface area (Å²) in [6, 6.07) is 10.2. The Morgan fingerprint density at radius 2 is 1.80 bits per heavy atom. The molecule has 0 saturated heterocycles. The van der Waals surface area contributed by atoms with Gasteiger partial charge in [0.05, 0.1) is 0 Å². The largest absolute Gasteiger partial charge is 0.444 e. The van der Waals surface area contributed by atoms with Gasteiger partial charge in [-0.3, -0.25) is 0 Å². The van der Waals surface area contributed by atoms with Gasteiger partial charge in [-0.05, 0) is 38.5 Å². The molecule has 25 heavy (non-hydrogen) atoms. The zero-order valence-corrected chi connectivity index (χ0v) is 16.9. The zero-order valence-electron chi connectivity index (χ0n) is 16.1. The van der Waals surface area contributed by atoms with Gasteiger partial charge >= 0.3 is 6.09 Å². The van der Waals surface area contributed by atoms with Gasteiger partial charge in [-0.15, -0.1) is 0 Å². The fourth-order valence-corrected chi connectivity index (χ4v) is 3.10. The molecule has 4 nitrogen and oxygen atoms in total. The number of carbonyl (C=O) groups excluding carboxylic acids is 2. The lowest BCUT2D eigenvalue weighted by Crippen LogP contribution is -2.44. The Balaban J connectivity index is 2.78. The van der Waals surface area contributed by atoms with Crippen LogP contribution in [0.3, 0.4) is 0 Å². The van der Waals surface area contributed by atoms with Crippen molar-refractivity contribution >= 4 is 24.1 Å². The maximum absolute atomic E-state index is 12.6. The van der Waals surface area contributed by atoms with Crippen LogP contribution in [0.4, 0.5) is 4.79 Å². The summed E-state index contributed by atoms with van der Waals surface area (Å²) in [6.45, 7) is 11.1. The lowest BCUT2D eigenvalue weighted by Gasteiger charge is -2.34. The van der Waals surface area contributed by atoms with E-state index < -0.39 is 5.60 Å². The third-order valence-electron chi connectivity index (χ3n) is 3.70. The fraction of sp³-hybridized carbons (Fsp3) is 0.600. The molecule has 0 aromatic heterocycles. The number of ether oxygens (including phenoxy) is 1. The molecule has 1 amide bonds. The van der Waals surface area contributed by atoms with Gasteiger partial charge in [0.1, 0.15) is 11.9 Å². The first-order chi connectivity index (χ1) is 11.7. The summed E-state index contributed by atoms with van der Waals surface area (Å²) in [5, 5.41) is 0. The highest BCUT2D eigenvalue weighted by Crippen LogP contribution is 2.25. The maximum atomic E-state index is 12.6. The van der Waals surface area contributed by atoms with E-state index in [1.54, 1.807) is 16.7 Å². The number of hydrogen-bond acceptors (Lipinski definition) is 4. The number of rotatable bonds is 9. The highest BCUT2D eigenvalue weighted by molar-refractivity contribution is 7.99. The Morgan fingerprint density at radius 1 is 1.16 bits per heavy atom. The summed E-state index contributed by atoms with van der Waals surface area (Å²) < 4.78 is 5.58. The monoisotopic (exact) mass is 365 g/mol. The first-order valence-electron chi connectivity index (χ1n) is 8.70. The highest BCUT2D eigenvalue weighted by Gasteiger charge is 2.29. The van der Waals surface area contributed by atoms with Gasteiger partial charge in [-0.2, -0.15) is 11.8 Å². The number of carbonyl (C=O) groups is 2. The predicted octanol–water partition coefficient (Wildman–Crippen LogP) is 4.52. The smallest absolute Gasteiger partial charge is 0.410 e. The van der Waals surface area contributed by atoms with Gasteiger partial charge in [-0.25, -0.2) is 4.79 Å². The first-order valence-corrected chi connectivity index (χ1v) is 9.86. The highest BCUT2D eigenvalue weighted by atomic mass is 32.2. The molecule has 140 valence electrons. The number of thioether (sulfide) groups is 1. The Kier molecular flexibility index (Phi) is 8.50. The van der Waals surface area contributed by atoms with Crippen molar-refractivity contribution in [2.45, 2.75) is 52.1 Å². The minimum atomic E-state index is -0.515. The molecule has 0 spiro atoms. The van der Waals surface area contributed by atoms with Crippen molar-refractivity contribution in [1.82, 2.24) is 4.90 Å². The van der Waals surface area contributed by atoms with Crippen molar-refractivity contribution in [3.8, 4) is 0 Å². The van der Waals surface area contributed by atoms with Crippen molar-refractivity contribution in [3.63, 3.8) is 0 Å². The van der Waals surface area contributed by atoms with E-state index in [1.807, 2.05) is 39.0 Å². The van der Waals surface area contributed by atoms with E-state index in [2.05, 4.69) is 26.0 Å². The molecule has 0 unspecified atom stereocenters. The Hall–Kier alpha value is -1.49. The Labute approximate surface area is 156 Å². The van der Waals surface area contributed by atoms with Crippen LogP contribution < -0.4 is 0 Å². The molecule has 0 saturated carbocycles. The summed E-state index contributed by atoms with van der Waals surface area (Å²) in [6.07, 6.45) is 1.47. The van der Waals surface area contributed by atoms with E-state index in [-0.39, 0.29) is 11.5 Å². The minimum Gasteiger partial charge on any atom is -0.444 e. The zero-order chi connectivity index (χ0) is 18.9. The van der Waals surface area contributed by atoms with Crippen LogP contribution in [-0.2, 0) is 14.9 Å². The maximum Gasteiger partial charge on any atom is 0.410 e. The average molecular weight is 366 g/mol. The van der Waals surface area contributed by atoms with Gasteiger partial charge in [0.15, 0.2) is 0 Å². The Bertz CT molecular complexity index is 538. The van der Waals surface area contributed by atoms with E-state index >= 15 is 0 Å². The summed E-state index contributed by atoms with van der Waals surface area (Å²) in [4.78, 5) is 24.8. The first kappa shape index (κ1) is 21.6. The quantitative estimate of drug-likeness (QED) is 0.477. The van der Waals surface area contributed by atoms with Crippen LogP contribution in [0.5, 0.6) is 0 Å². The molecule has 0 N–H and O–H groups in total. The van der Waals surface area contributed by atoms with Crippen molar-refractivity contribution in [3.05, 3.63) is 35.9 Å². The number of amides is 1. The summed E-state index contributed by atoms with van der Waals surface area (Å²) >= 11 is 1.59. The Morgan fingerprint density at radius 3 is 2.36 bits per heavy atom. The van der Waals surface area contributed by atoms with Crippen molar-refractivity contribution in [2.75, 3.05) is 24.6 Å². The fourth-order valence-electron chi connectivity index (χ4n) is 2.51. The lowest BCUT2D eigenvalue weighted by molar-refractivity contribution is -0.105. The van der Waals surface area contributed by atoms with E-state index in [0.717, 1.165) is 18.5 Å². The molecule has 1 rings (SSSR count). The van der Waals surface area contributed by atoms with Crippen LogP contribution in [0, 0.1) is 0 Å². The molecule has 0 aliphatic rings. The standard InChI is InChI=1S/C20H31NO3S/c1-19(2,3)24-18(23)21(12-9-14-25-15-13-22)16-20(4,5)17-10-7-6-8-11-17/h6-8,10-11,13H,9,12,14-16H2,1-5H3. The van der Waals surface area contributed by atoms with E-state index in [4.69, 9.17) is 4.74 Å². The lowest BCUT2D eigenvalue weighted by atomic mass is 9.84. The second-order valence-corrected chi connectivity index (χ2v) is 8.90. The molecule has 0 fully saturated rings. The van der Waals surface area contributed by atoms with Gasteiger partial charge in [-0.1, -0.05) is 44.2 Å². The number of hydrogen-bond donors (Lipinski definition) is 0. The SMILES string of the molecule is CC(C)(C)OC(=O)N(CCCSCC=O)CC(C)(C)c1ccccc1. The summed E-state index contributed by atoms with van der Waals surface area (Å²) in [5.74, 6) is 1.35. The van der Waals surface area contributed by atoms with Gasteiger partial charge < -0.3 is 14.4 Å². The van der Waals surface area contributed by atoms with Crippen LogP contribution in [0.25, 0.3) is 0 Å². The number of aldehydes is 1. The number of nitrogens with zero attached hydrogens (tertiary/aromatic N) is 1. The normalized spacial score (nSPS) is 11.9. The molecule has 0 radical (unpaired) electrons. The number of benzene rings is 1. The second kappa shape index (κ2) is 9.85. The minimum absolute atomic E-state index is 0.173. The van der Waals surface area contributed by atoms with E-state index in [0.29, 0.717) is 18.8 Å². The average Bonchev–Trinajstić information content (AvgIpc) is 2.52. The molecule has 0 aliphatic heterocycles. The van der Waals surface area contributed by atoms with Gasteiger partial charge in [0, 0.05) is 24.3 Å². The van der Waals surface area contributed by atoms with Crippen molar-refractivity contribution < 1.29 is 14.3 Å². The third kappa shape index (κ3) is 8.43. The summed E-state index contributed by atoms with van der Waals surface area (Å²) in [7, 11) is 0. The van der Waals surface area contributed by atoms with E-state index in [9.17, 15) is 9.59 Å². The molecule has 1 aromatic rings. The molecule has 0 bridgehead atoms. The topological polar surface area (TPSA) is 46.6 Å². The van der Waals surface area contributed by atoms with Gasteiger partial charge in [0.2, 0.25) is 0 Å². The van der Waals surface area contributed by atoms with Gasteiger partial charge in [0.25, 0.3) is 0 Å².